The Hall–Kier alpha value is -1.88. The average molecular weight is 278 g/mol. The number of carboxylic acid groups (broad SMARTS) is 1. The summed E-state index contributed by atoms with van der Waals surface area (Å²) >= 11 is 0. The molecular weight excluding hydrogens is 256 g/mol. The van der Waals surface area contributed by atoms with Crippen LogP contribution in [0.3, 0.4) is 0 Å². The van der Waals surface area contributed by atoms with Crippen LogP contribution < -0.4 is 11.1 Å². The standard InChI is InChI=1S/C15H22N2O3/c1-2-3-4-13(16)15(20)17-12-8-5-11(6-9-12)7-10-14(18)19/h5-6,8-9,13H,2-4,7,10,16H2,1H3,(H,17,20)(H,18,19). The van der Waals surface area contributed by atoms with E-state index >= 15 is 0 Å². The number of amides is 1. The molecule has 1 amide bonds. The third kappa shape index (κ3) is 5.84. The zero-order valence-electron chi connectivity index (χ0n) is 11.8. The third-order valence-corrected chi connectivity index (χ3v) is 3.05. The van der Waals surface area contributed by atoms with Crippen LogP contribution in [0.4, 0.5) is 5.69 Å². The molecule has 0 spiro atoms. The number of nitrogens with one attached hydrogen (secondary N) is 1. The lowest BCUT2D eigenvalue weighted by atomic mass is 10.1. The van der Waals surface area contributed by atoms with Crippen LogP contribution in [-0.2, 0) is 16.0 Å². The van der Waals surface area contributed by atoms with Gasteiger partial charge in [0, 0.05) is 12.1 Å². The quantitative estimate of drug-likeness (QED) is 0.679. The van der Waals surface area contributed by atoms with E-state index < -0.39 is 12.0 Å². The van der Waals surface area contributed by atoms with Gasteiger partial charge in [0.15, 0.2) is 0 Å². The highest BCUT2D eigenvalue weighted by atomic mass is 16.4. The molecule has 0 saturated heterocycles. The molecule has 1 unspecified atom stereocenters. The van der Waals surface area contributed by atoms with E-state index in [0.29, 0.717) is 18.5 Å². The minimum Gasteiger partial charge on any atom is -0.481 e. The van der Waals surface area contributed by atoms with Crippen molar-refractivity contribution in [2.45, 2.75) is 45.1 Å². The summed E-state index contributed by atoms with van der Waals surface area (Å²) in [7, 11) is 0. The number of anilines is 1. The Morgan fingerprint density at radius 2 is 1.95 bits per heavy atom. The fraction of sp³-hybridized carbons (Fsp3) is 0.467. The number of aliphatic carboxylic acids is 1. The maximum atomic E-state index is 11.8. The zero-order chi connectivity index (χ0) is 15.0. The Kier molecular flexibility index (Phi) is 6.73. The molecule has 110 valence electrons. The van der Waals surface area contributed by atoms with E-state index in [1.165, 1.54) is 0 Å². The number of nitrogens with two attached hydrogens (primary N) is 1. The van der Waals surface area contributed by atoms with Crippen LogP contribution in [0.1, 0.15) is 38.2 Å². The lowest BCUT2D eigenvalue weighted by Gasteiger charge is -2.12. The molecule has 0 aliphatic heterocycles. The normalized spacial score (nSPS) is 11.9. The van der Waals surface area contributed by atoms with Crippen molar-refractivity contribution < 1.29 is 14.7 Å². The molecule has 20 heavy (non-hydrogen) atoms. The predicted octanol–water partition coefficient (Wildman–Crippen LogP) is 2.16. The third-order valence-electron chi connectivity index (χ3n) is 3.05. The van der Waals surface area contributed by atoms with Gasteiger partial charge < -0.3 is 16.2 Å². The number of aryl methyl sites for hydroxylation is 1. The summed E-state index contributed by atoms with van der Waals surface area (Å²) < 4.78 is 0. The molecule has 0 bridgehead atoms. The van der Waals surface area contributed by atoms with Crippen molar-refractivity contribution >= 4 is 17.6 Å². The SMILES string of the molecule is CCCCC(N)C(=O)Nc1ccc(CCC(=O)O)cc1. The van der Waals surface area contributed by atoms with Gasteiger partial charge in [-0.1, -0.05) is 31.9 Å². The second kappa shape index (κ2) is 8.32. The van der Waals surface area contributed by atoms with Gasteiger partial charge >= 0.3 is 5.97 Å². The van der Waals surface area contributed by atoms with Gasteiger partial charge in [-0.2, -0.15) is 0 Å². The molecule has 0 aliphatic rings. The van der Waals surface area contributed by atoms with Gasteiger partial charge in [-0.3, -0.25) is 9.59 Å². The van der Waals surface area contributed by atoms with Crippen molar-refractivity contribution in [3.8, 4) is 0 Å². The van der Waals surface area contributed by atoms with Gasteiger partial charge in [0.1, 0.15) is 0 Å². The van der Waals surface area contributed by atoms with Crippen LogP contribution in [0.2, 0.25) is 0 Å². The molecule has 1 atom stereocenters. The first-order valence-electron chi connectivity index (χ1n) is 6.90. The molecule has 0 saturated carbocycles. The number of carbonyl (C=O) groups excluding carboxylic acids is 1. The van der Waals surface area contributed by atoms with Gasteiger partial charge in [-0.25, -0.2) is 0 Å². The number of hydrogen-bond donors (Lipinski definition) is 3. The highest BCUT2D eigenvalue weighted by molar-refractivity contribution is 5.94. The van der Waals surface area contributed by atoms with Crippen LogP contribution in [0.5, 0.6) is 0 Å². The molecule has 0 aliphatic carbocycles. The van der Waals surface area contributed by atoms with Gasteiger partial charge in [0.25, 0.3) is 0 Å². The highest BCUT2D eigenvalue weighted by Gasteiger charge is 2.12. The van der Waals surface area contributed by atoms with E-state index in [4.69, 9.17) is 10.8 Å². The first-order chi connectivity index (χ1) is 9.52. The fourth-order valence-corrected chi connectivity index (χ4v) is 1.80. The molecule has 5 heteroatoms. The van der Waals surface area contributed by atoms with Crippen LogP contribution in [-0.4, -0.2) is 23.0 Å². The van der Waals surface area contributed by atoms with E-state index in [1.54, 1.807) is 12.1 Å². The summed E-state index contributed by atoms with van der Waals surface area (Å²) in [6.45, 7) is 2.06. The van der Waals surface area contributed by atoms with E-state index in [2.05, 4.69) is 12.2 Å². The van der Waals surface area contributed by atoms with Gasteiger partial charge in [-0.05, 0) is 30.5 Å². The molecular formula is C15H22N2O3. The minimum absolute atomic E-state index is 0.105. The average Bonchev–Trinajstić information content (AvgIpc) is 2.43. The Labute approximate surface area is 119 Å². The second-order valence-electron chi connectivity index (χ2n) is 4.83. The summed E-state index contributed by atoms with van der Waals surface area (Å²) in [6, 6.07) is 6.68. The second-order valence-corrected chi connectivity index (χ2v) is 4.83. The number of hydrogen-bond acceptors (Lipinski definition) is 3. The lowest BCUT2D eigenvalue weighted by molar-refractivity contribution is -0.137. The number of rotatable bonds is 8. The van der Waals surface area contributed by atoms with Crippen molar-refractivity contribution in [2.24, 2.45) is 5.73 Å². The summed E-state index contributed by atoms with van der Waals surface area (Å²) in [5.74, 6) is -0.999. The highest BCUT2D eigenvalue weighted by Crippen LogP contribution is 2.12. The molecule has 0 radical (unpaired) electrons. The summed E-state index contributed by atoms with van der Waals surface area (Å²) in [5.41, 5.74) is 7.40. The topological polar surface area (TPSA) is 92.4 Å². The first kappa shape index (κ1) is 16.2. The smallest absolute Gasteiger partial charge is 0.303 e. The van der Waals surface area contributed by atoms with Crippen molar-refractivity contribution in [3.05, 3.63) is 29.8 Å². The molecule has 1 aromatic rings. The van der Waals surface area contributed by atoms with Crippen LogP contribution in [0.25, 0.3) is 0 Å². The molecule has 5 nitrogen and oxygen atoms in total. The van der Waals surface area contributed by atoms with E-state index in [0.717, 1.165) is 18.4 Å². The lowest BCUT2D eigenvalue weighted by Crippen LogP contribution is -2.35. The molecule has 4 N–H and O–H groups in total. The maximum absolute atomic E-state index is 11.8. The number of benzene rings is 1. The van der Waals surface area contributed by atoms with E-state index in [9.17, 15) is 9.59 Å². The molecule has 0 aromatic heterocycles. The summed E-state index contributed by atoms with van der Waals surface area (Å²) in [4.78, 5) is 22.3. The van der Waals surface area contributed by atoms with Gasteiger partial charge in [0.05, 0.1) is 6.04 Å². The monoisotopic (exact) mass is 278 g/mol. The van der Waals surface area contributed by atoms with Crippen molar-refractivity contribution in [1.29, 1.82) is 0 Å². The Bertz CT molecular complexity index is 443. The van der Waals surface area contributed by atoms with Crippen LogP contribution in [0.15, 0.2) is 24.3 Å². The van der Waals surface area contributed by atoms with Crippen molar-refractivity contribution in [2.75, 3.05) is 5.32 Å². The van der Waals surface area contributed by atoms with Crippen molar-refractivity contribution in [1.82, 2.24) is 0 Å². The predicted molar refractivity (Wildman–Crippen MR) is 78.5 cm³/mol. The largest absolute Gasteiger partial charge is 0.481 e. The summed E-state index contributed by atoms with van der Waals surface area (Å²) in [5, 5.41) is 11.4. The molecule has 1 rings (SSSR count). The van der Waals surface area contributed by atoms with Gasteiger partial charge in [-0.15, -0.1) is 0 Å². The van der Waals surface area contributed by atoms with Crippen molar-refractivity contribution in [3.63, 3.8) is 0 Å². The summed E-state index contributed by atoms with van der Waals surface area (Å²) in [6.07, 6.45) is 3.22. The van der Waals surface area contributed by atoms with Crippen LogP contribution in [0, 0.1) is 0 Å². The number of carbonyl (C=O) groups is 2. The fourth-order valence-electron chi connectivity index (χ4n) is 1.80. The Morgan fingerprint density at radius 1 is 1.30 bits per heavy atom. The molecule has 0 fully saturated rings. The van der Waals surface area contributed by atoms with E-state index in [-0.39, 0.29) is 12.3 Å². The Morgan fingerprint density at radius 3 is 2.50 bits per heavy atom. The number of unbranched alkanes of at least 4 members (excludes halogenated alkanes) is 1. The van der Waals surface area contributed by atoms with Crippen LogP contribution >= 0.6 is 0 Å². The van der Waals surface area contributed by atoms with E-state index in [1.807, 2.05) is 12.1 Å². The zero-order valence-corrected chi connectivity index (χ0v) is 11.8. The number of carboxylic acids is 1. The van der Waals surface area contributed by atoms with Gasteiger partial charge in [0.2, 0.25) is 5.91 Å². The molecule has 0 heterocycles. The first-order valence-corrected chi connectivity index (χ1v) is 6.90. The molecule has 1 aromatic carbocycles. The maximum Gasteiger partial charge on any atom is 0.303 e. The Balaban J connectivity index is 2.48. The minimum atomic E-state index is -0.815.